The summed E-state index contributed by atoms with van der Waals surface area (Å²) in [6.45, 7) is 2.78. The Morgan fingerprint density at radius 2 is 1.84 bits per heavy atom. The van der Waals surface area contributed by atoms with E-state index in [4.69, 9.17) is 4.74 Å². The van der Waals surface area contributed by atoms with Crippen LogP contribution in [0.2, 0.25) is 0 Å². The van der Waals surface area contributed by atoms with E-state index >= 15 is 0 Å². The number of rotatable bonds is 4. The molecule has 2 N–H and O–H groups in total. The number of aliphatic imine (C=N–C) groups is 1. The van der Waals surface area contributed by atoms with Gasteiger partial charge in [0.25, 0.3) is 0 Å². The number of hydrogen-bond donors (Lipinski definition) is 2. The summed E-state index contributed by atoms with van der Waals surface area (Å²) in [6, 6.07) is 0.431. The van der Waals surface area contributed by atoms with Gasteiger partial charge >= 0.3 is 6.18 Å². The molecule has 2 atom stereocenters. The zero-order valence-corrected chi connectivity index (χ0v) is 15.2. The minimum absolute atomic E-state index is 0.0740. The summed E-state index contributed by atoms with van der Waals surface area (Å²) in [5, 5.41) is 6.85. The molecule has 2 unspecified atom stereocenters. The summed E-state index contributed by atoms with van der Waals surface area (Å²) >= 11 is 0. The van der Waals surface area contributed by atoms with Crippen LogP contribution in [0.1, 0.15) is 58.3 Å². The molecule has 0 aromatic carbocycles. The zero-order valence-electron chi connectivity index (χ0n) is 15.2. The van der Waals surface area contributed by atoms with Crippen LogP contribution in [0.15, 0.2) is 4.99 Å². The van der Waals surface area contributed by atoms with Crippen LogP contribution >= 0.6 is 0 Å². The smallest absolute Gasteiger partial charge is 0.378 e. The molecule has 3 aliphatic rings. The summed E-state index contributed by atoms with van der Waals surface area (Å²) in [4.78, 5) is 4.30. The van der Waals surface area contributed by atoms with Gasteiger partial charge in [-0.15, -0.1) is 0 Å². The molecule has 1 spiro atoms. The molecular formula is C18H30F3N3O. The molecule has 7 heteroatoms. The lowest BCUT2D eigenvalue weighted by atomic mass is 9.51. The largest absolute Gasteiger partial charge is 0.391 e. The average molecular weight is 361 g/mol. The van der Waals surface area contributed by atoms with Crippen molar-refractivity contribution >= 4 is 5.96 Å². The van der Waals surface area contributed by atoms with Gasteiger partial charge in [-0.05, 0) is 51.9 Å². The number of nitrogens with zero attached hydrogens (tertiary/aromatic N) is 1. The number of guanidine groups is 1. The van der Waals surface area contributed by atoms with E-state index < -0.39 is 12.1 Å². The quantitative estimate of drug-likeness (QED) is 0.594. The highest BCUT2D eigenvalue weighted by Crippen LogP contribution is 2.57. The Kier molecular flexibility index (Phi) is 5.51. The van der Waals surface area contributed by atoms with Crippen molar-refractivity contribution in [2.24, 2.45) is 16.3 Å². The molecule has 0 aromatic rings. The van der Waals surface area contributed by atoms with Gasteiger partial charge in [0.05, 0.1) is 12.0 Å². The summed E-state index contributed by atoms with van der Waals surface area (Å²) in [5.74, 6) is -0.418. The fourth-order valence-electron chi connectivity index (χ4n) is 4.73. The van der Waals surface area contributed by atoms with Gasteiger partial charge in [-0.1, -0.05) is 6.42 Å². The third kappa shape index (κ3) is 3.76. The van der Waals surface area contributed by atoms with Crippen LogP contribution in [0.4, 0.5) is 13.2 Å². The number of ether oxygens (including phenoxy) is 1. The molecule has 0 aromatic heterocycles. The molecular weight excluding hydrogens is 331 g/mol. The van der Waals surface area contributed by atoms with Crippen molar-refractivity contribution in [1.29, 1.82) is 0 Å². The van der Waals surface area contributed by atoms with E-state index in [9.17, 15) is 13.2 Å². The van der Waals surface area contributed by atoms with E-state index in [0.717, 1.165) is 19.0 Å². The Morgan fingerprint density at radius 1 is 1.16 bits per heavy atom. The van der Waals surface area contributed by atoms with Crippen LogP contribution in [0.5, 0.6) is 0 Å². The lowest BCUT2D eigenvalue weighted by Gasteiger charge is -2.61. The first kappa shape index (κ1) is 18.8. The van der Waals surface area contributed by atoms with Crippen LogP contribution < -0.4 is 10.6 Å². The highest BCUT2D eigenvalue weighted by Gasteiger charge is 2.59. The molecule has 3 saturated carbocycles. The third-order valence-corrected chi connectivity index (χ3v) is 6.50. The van der Waals surface area contributed by atoms with Gasteiger partial charge in [-0.3, -0.25) is 4.99 Å². The molecule has 0 bridgehead atoms. The van der Waals surface area contributed by atoms with Gasteiger partial charge in [0.2, 0.25) is 0 Å². The second-order valence-electron chi connectivity index (χ2n) is 7.77. The van der Waals surface area contributed by atoms with Crippen LogP contribution in [0, 0.1) is 11.3 Å². The van der Waals surface area contributed by atoms with Crippen molar-refractivity contribution in [3.8, 4) is 0 Å². The van der Waals surface area contributed by atoms with Crippen LogP contribution in [-0.2, 0) is 4.74 Å². The Labute approximate surface area is 148 Å². The van der Waals surface area contributed by atoms with E-state index in [-0.39, 0.29) is 24.3 Å². The molecule has 0 saturated heterocycles. The second-order valence-corrected chi connectivity index (χ2v) is 7.77. The first-order valence-electron chi connectivity index (χ1n) is 9.57. The van der Waals surface area contributed by atoms with Gasteiger partial charge in [0.15, 0.2) is 5.96 Å². The normalized spacial score (nSPS) is 35.0. The van der Waals surface area contributed by atoms with E-state index in [0.29, 0.717) is 25.0 Å². The van der Waals surface area contributed by atoms with Crippen molar-refractivity contribution in [1.82, 2.24) is 10.6 Å². The number of hydrogen-bond acceptors (Lipinski definition) is 2. The number of alkyl halides is 3. The summed E-state index contributed by atoms with van der Waals surface area (Å²) in [6.07, 6.45) is 2.38. The fourth-order valence-corrected chi connectivity index (χ4v) is 4.73. The number of halogens is 3. The highest BCUT2D eigenvalue weighted by molar-refractivity contribution is 5.80. The molecule has 25 heavy (non-hydrogen) atoms. The standard InChI is InChI=1S/C18H30F3N3O/c1-3-25-15-11-14(17(15)9-4-10-17)24-16(22-2)23-13-7-5-12(6-8-13)18(19,20)21/h12-15H,3-11H2,1-2H3,(H2,22,23,24). The first-order valence-corrected chi connectivity index (χ1v) is 9.57. The molecule has 0 amide bonds. The van der Waals surface area contributed by atoms with Gasteiger partial charge < -0.3 is 15.4 Å². The maximum absolute atomic E-state index is 12.8. The molecule has 0 radical (unpaired) electrons. The minimum Gasteiger partial charge on any atom is -0.378 e. The lowest BCUT2D eigenvalue weighted by molar-refractivity contribution is -0.182. The molecule has 3 aliphatic carbocycles. The summed E-state index contributed by atoms with van der Waals surface area (Å²) in [7, 11) is 1.73. The fraction of sp³-hybridized carbons (Fsp3) is 0.944. The average Bonchev–Trinajstić information content (AvgIpc) is 2.50. The topological polar surface area (TPSA) is 45.6 Å². The van der Waals surface area contributed by atoms with Gasteiger partial charge in [-0.25, -0.2) is 0 Å². The Balaban J connectivity index is 1.48. The van der Waals surface area contributed by atoms with E-state index in [1.54, 1.807) is 7.05 Å². The van der Waals surface area contributed by atoms with Crippen molar-refractivity contribution in [2.75, 3.05) is 13.7 Å². The van der Waals surface area contributed by atoms with Crippen molar-refractivity contribution in [3.63, 3.8) is 0 Å². The summed E-state index contributed by atoms with van der Waals surface area (Å²) in [5.41, 5.74) is 0.238. The minimum atomic E-state index is -4.05. The van der Waals surface area contributed by atoms with Crippen molar-refractivity contribution in [3.05, 3.63) is 0 Å². The lowest BCUT2D eigenvalue weighted by Crippen LogP contribution is -2.69. The van der Waals surface area contributed by atoms with Crippen LogP contribution in [-0.4, -0.2) is 44.0 Å². The van der Waals surface area contributed by atoms with Crippen molar-refractivity contribution < 1.29 is 17.9 Å². The van der Waals surface area contributed by atoms with E-state index in [2.05, 4.69) is 15.6 Å². The maximum Gasteiger partial charge on any atom is 0.391 e. The Bertz CT molecular complexity index is 482. The van der Waals surface area contributed by atoms with Crippen LogP contribution in [0.3, 0.4) is 0 Å². The third-order valence-electron chi connectivity index (χ3n) is 6.50. The molecule has 3 fully saturated rings. The highest BCUT2D eigenvalue weighted by atomic mass is 19.4. The monoisotopic (exact) mass is 361 g/mol. The Morgan fingerprint density at radius 3 is 2.32 bits per heavy atom. The molecule has 3 rings (SSSR count). The predicted octanol–water partition coefficient (Wildman–Crippen LogP) is 3.62. The maximum atomic E-state index is 12.8. The molecule has 4 nitrogen and oxygen atoms in total. The van der Waals surface area contributed by atoms with Gasteiger partial charge in [0, 0.05) is 31.2 Å². The number of nitrogens with one attached hydrogen (secondary N) is 2. The molecule has 144 valence electrons. The predicted molar refractivity (Wildman–Crippen MR) is 91.5 cm³/mol. The SMILES string of the molecule is CCOC1CC(NC(=NC)NC2CCC(C(F)(F)F)CC2)C12CCC2. The van der Waals surface area contributed by atoms with Crippen LogP contribution in [0.25, 0.3) is 0 Å². The Hall–Kier alpha value is -0.980. The van der Waals surface area contributed by atoms with Gasteiger partial charge in [0.1, 0.15) is 0 Å². The van der Waals surface area contributed by atoms with E-state index in [1.807, 2.05) is 6.92 Å². The van der Waals surface area contributed by atoms with Crippen molar-refractivity contribution in [2.45, 2.75) is 82.7 Å². The molecule has 0 aliphatic heterocycles. The van der Waals surface area contributed by atoms with Gasteiger partial charge in [-0.2, -0.15) is 13.2 Å². The second kappa shape index (κ2) is 7.33. The summed E-state index contributed by atoms with van der Waals surface area (Å²) < 4.78 is 44.2. The zero-order chi connectivity index (χ0) is 18.1. The first-order chi connectivity index (χ1) is 11.9. The molecule has 0 heterocycles. The van der Waals surface area contributed by atoms with E-state index in [1.165, 1.54) is 19.3 Å².